The third kappa shape index (κ3) is 2.64. The van der Waals surface area contributed by atoms with E-state index in [2.05, 4.69) is 35.1 Å². The normalized spacial score (nSPS) is 40.0. The molecule has 0 saturated heterocycles. The Bertz CT molecular complexity index is 1120. The van der Waals surface area contributed by atoms with Crippen molar-refractivity contribution >= 4 is 23.4 Å². The smallest absolute Gasteiger partial charge is 0.352 e. The molecule has 6 unspecified atom stereocenters. The summed E-state index contributed by atoms with van der Waals surface area (Å²) >= 11 is 1.28. The van der Waals surface area contributed by atoms with E-state index >= 15 is 0 Å². The number of nitrogens with zero attached hydrogens (tertiary/aromatic N) is 2. The van der Waals surface area contributed by atoms with Crippen LogP contribution in [0.5, 0.6) is 0 Å². The van der Waals surface area contributed by atoms with Gasteiger partial charge in [-0.2, -0.15) is 5.10 Å². The number of H-pyrrole nitrogens is 1. The molecule has 2 N–H and O–H groups in total. The van der Waals surface area contributed by atoms with Crippen LogP contribution in [-0.4, -0.2) is 32.0 Å². The zero-order valence-corrected chi connectivity index (χ0v) is 19.8. The van der Waals surface area contributed by atoms with E-state index in [9.17, 15) is 9.90 Å². The van der Waals surface area contributed by atoms with E-state index in [4.69, 9.17) is 4.74 Å². The molecule has 3 saturated carbocycles. The maximum Gasteiger partial charge on any atom is 0.352 e. The Hall–Kier alpha value is -1.99. The molecule has 0 amide bonds. The van der Waals surface area contributed by atoms with Gasteiger partial charge in [0.05, 0.1) is 23.1 Å². The summed E-state index contributed by atoms with van der Waals surface area (Å²) in [5.41, 5.74) is 6.12. The lowest BCUT2D eigenvalue weighted by Gasteiger charge is -2.58. The Morgan fingerprint density at radius 1 is 1.25 bits per heavy atom. The summed E-state index contributed by atoms with van der Waals surface area (Å²) in [6, 6.07) is 0. The average Bonchev–Trinajstić information content (AvgIpc) is 3.44. The second-order valence-corrected chi connectivity index (χ2v) is 11.8. The quantitative estimate of drug-likeness (QED) is 0.499. The number of aromatic nitrogens is 3. The third-order valence-electron chi connectivity index (χ3n) is 9.63. The highest BCUT2D eigenvalue weighted by Crippen LogP contribution is 2.67. The Morgan fingerprint density at radius 2 is 2.06 bits per heavy atom. The molecule has 4 aliphatic rings. The van der Waals surface area contributed by atoms with E-state index in [1.807, 2.05) is 13.1 Å². The van der Waals surface area contributed by atoms with Crippen molar-refractivity contribution in [3.63, 3.8) is 0 Å². The maximum absolute atomic E-state index is 12.9. The third-order valence-corrected chi connectivity index (χ3v) is 10.5. The van der Waals surface area contributed by atoms with E-state index in [0.717, 1.165) is 38.5 Å². The van der Waals surface area contributed by atoms with Gasteiger partial charge in [-0.3, -0.25) is 5.10 Å². The predicted molar refractivity (Wildman–Crippen MR) is 122 cm³/mol. The highest BCUT2D eigenvalue weighted by atomic mass is 32.1. The lowest BCUT2D eigenvalue weighted by atomic mass is 9.47. The summed E-state index contributed by atoms with van der Waals surface area (Å²) < 4.78 is 5.91. The van der Waals surface area contributed by atoms with Gasteiger partial charge in [-0.15, -0.1) is 11.3 Å². The number of allylic oxidation sites excluding steroid dienone is 1. The minimum atomic E-state index is -1.41. The maximum atomic E-state index is 12.9. The first-order valence-corrected chi connectivity index (χ1v) is 12.7. The number of carbonyl (C=O) groups excluding carboxylic acids is 1. The van der Waals surface area contributed by atoms with E-state index < -0.39 is 17.2 Å². The van der Waals surface area contributed by atoms with Crippen LogP contribution in [0.1, 0.15) is 79.0 Å². The molecule has 2 aromatic rings. The van der Waals surface area contributed by atoms with Gasteiger partial charge in [-0.25, -0.2) is 9.78 Å². The van der Waals surface area contributed by atoms with Gasteiger partial charge in [0, 0.05) is 11.8 Å². The van der Waals surface area contributed by atoms with Crippen LogP contribution in [0.25, 0.3) is 6.08 Å². The molecule has 4 aliphatic carbocycles. The van der Waals surface area contributed by atoms with Crippen LogP contribution >= 0.6 is 11.3 Å². The molecular weight excluding hydrogens is 422 g/mol. The first-order valence-electron chi connectivity index (χ1n) is 11.8. The topological polar surface area (TPSA) is 88.1 Å². The SMILES string of the molecule is Cc1ncsc1C(=O)OC1(O)CCC2C3CCC4=Cc5[nH]ncc5CC4(C)C3CCC21C. The fourth-order valence-corrected chi connectivity index (χ4v) is 8.48. The van der Waals surface area contributed by atoms with Crippen LogP contribution in [0.15, 0.2) is 17.3 Å². The van der Waals surface area contributed by atoms with Crippen LogP contribution in [-0.2, 0) is 11.2 Å². The van der Waals surface area contributed by atoms with Gasteiger partial charge in [0.2, 0.25) is 5.79 Å². The van der Waals surface area contributed by atoms with E-state index in [1.165, 1.54) is 22.6 Å². The van der Waals surface area contributed by atoms with Crippen molar-refractivity contribution in [3.8, 4) is 0 Å². The average molecular weight is 454 g/mol. The number of aromatic amines is 1. The van der Waals surface area contributed by atoms with Gasteiger partial charge >= 0.3 is 5.97 Å². The van der Waals surface area contributed by atoms with Crippen molar-refractivity contribution in [1.82, 2.24) is 15.2 Å². The highest BCUT2D eigenvalue weighted by Gasteiger charge is 2.66. The zero-order chi connectivity index (χ0) is 22.3. The van der Waals surface area contributed by atoms with Crippen LogP contribution in [0.3, 0.4) is 0 Å². The first kappa shape index (κ1) is 20.6. The number of carbonyl (C=O) groups is 1. The standard InChI is InChI=1S/C25H31N3O3S/c1-14-21(32-13-26-14)22(29)31-25(30)9-7-19-17-5-4-16-10-20-15(12-27-28-20)11-23(16,2)18(17)6-8-24(19,25)3/h10,12-13,17-19,30H,4-9,11H2,1-3H3,(H,27,28). The summed E-state index contributed by atoms with van der Waals surface area (Å²) in [6.45, 7) is 6.42. The molecule has 32 heavy (non-hydrogen) atoms. The fourth-order valence-electron chi connectivity index (χ4n) is 7.80. The summed E-state index contributed by atoms with van der Waals surface area (Å²) in [4.78, 5) is 17.6. The molecule has 6 nitrogen and oxygen atoms in total. The lowest BCUT2D eigenvalue weighted by molar-refractivity contribution is -0.246. The number of rotatable bonds is 2. The Labute approximate surface area is 192 Å². The molecule has 6 atom stereocenters. The van der Waals surface area contributed by atoms with Gasteiger partial charge in [-0.05, 0) is 80.3 Å². The van der Waals surface area contributed by atoms with Crippen molar-refractivity contribution in [2.45, 2.75) is 71.5 Å². The predicted octanol–water partition coefficient (Wildman–Crippen LogP) is 4.90. The lowest BCUT2D eigenvalue weighted by Crippen LogP contribution is -2.56. The number of hydrogen-bond donors (Lipinski definition) is 2. The fraction of sp³-hybridized carbons (Fsp3) is 0.640. The highest BCUT2D eigenvalue weighted by molar-refractivity contribution is 7.11. The number of fused-ring (bicyclic) bond motifs is 6. The van der Waals surface area contributed by atoms with Crippen molar-refractivity contribution < 1.29 is 14.6 Å². The summed E-state index contributed by atoms with van der Waals surface area (Å²) in [7, 11) is 0. The van der Waals surface area contributed by atoms with Gasteiger partial charge in [-0.1, -0.05) is 19.4 Å². The minimum Gasteiger partial charge on any atom is -0.428 e. The van der Waals surface area contributed by atoms with Crippen molar-refractivity contribution in [1.29, 1.82) is 0 Å². The number of ether oxygens (including phenoxy) is 1. The minimum absolute atomic E-state index is 0.151. The molecular formula is C25H31N3O3S. The number of nitrogens with one attached hydrogen (secondary N) is 1. The Morgan fingerprint density at radius 3 is 2.84 bits per heavy atom. The van der Waals surface area contributed by atoms with Crippen LogP contribution in [0.4, 0.5) is 0 Å². The van der Waals surface area contributed by atoms with Gasteiger partial charge in [0.1, 0.15) is 4.88 Å². The molecule has 2 heterocycles. The van der Waals surface area contributed by atoms with E-state index in [-0.39, 0.29) is 5.41 Å². The van der Waals surface area contributed by atoms with Crippen molar-refractivity contribution in [2.24, 2.45) is 28.6 Å². The number of thiazole rings is 1. The van der Waals surface area contributed by atoms with Gasteiger partial charge in [0.25, 0.3) is 0 Å². The largest absolute Gasteiger partial charge is 0.428 e. The Kier molecular flexibility index (Phi) is 4.36. The van der Waals surface area contributed by atoms with Gasteiger partial charge in [0.15, 0.2) is 0 Å². The second kappa shape index (κ2) is 6.76. The summed E-state index contributed by atoms with van der Waals surface area (Å²) in [6.07, 6.45) is 11.0. The molecule has 7 heteroatoms. The number of esters is 1. The van der Waals surface area contributed by atoms with Gasteiger partial charge < -0.3 is 9.84 Å². The van der Waals surface area contributed by atoms with Crippen LogP contribution in [0, 0.1) is 35.5 Å². The van der Waals surface area contributed by atoms with Crippen molar-refractivity contribution in [3.05, 3.63) is 39.1 Å². The molecule has 2 aromatic heterocycles. The molecule has 170 valence electrons. The summed E-state index contributed by atoms with van der Waals surface area (Å²) in [5, 5.41) is 19.1. The van der Waals surface area contributed by atoms with Crippen LogP contribution in [0.2, 0.25) is 0 Å². The number of aliphatic hydroxyl groups is 1. The monoisotopic (exact) mass is 453 g/mol. The molecule has 0 aliphatic heterocycles. The number of aryl methyl sites for hydroxylation is 1. The van der Waals surface area contributed by atoms with E-state index in [1.54, 1.807) is 11.1 Å². The number of hydrogen-bond acceptors (Lipinski definition) is 6. The zero-order valence-electron chi connectivity index (χ0n) is 19.0. The Balaban J connectivity index is 1.29. The van der Waals surface area contributed by atoms with Crippen molar-refractivity contribution in [2.75, 3.05) is 0 Å². The van der Waals surface area contributed by atoms with Crippen LogP contribution < -0.4 is 0 Å². The molecule has 0 spiro atoms. The molecule has 0 aromatic carbocycles. The molecule has 6 rings (SSSR count). The first-order chi connectivity index (χ1) is 15.3. The molecule has 0 radical (unpaired) electrons. The van der Waals surface area contributed by atoms with E-state index in [0.29, 0.717) is 34.7 Å². The summed E-state index contributed by atoms with van der Waals surface area (Å²) in [5.74, 6) is -0.340. The second-order valence-electron chi connectivity index (χ2n) is 10.9. The molecule has 3 fully saturated rings. The molecule has 0 bridgehead atoms.